The van der Waals surface area contributed by atoms with Crippen LogP contribution in [0.25, 0.3) is 0 Å². The van der Waals surface area contributed by atoms with Gasteiger partial charge in [0.15, 0.2) is 0 Å². The minimum atomic E-state index is 0.325. The quantitative estimate of drug-likeness (QED) is 0.819. The van der Waals surface area contributed by atoms with Crippen molar-refractivity contribution in [2.75, 3.05) is 18.5 Å². The predicted octanol–water partition coefficient (Wildman–Crippen LogP) is 2.91. The number of anilines is 1. The van der Waals surface area contributed by atoms with E-state index < -0.39 is 0 Å². The summed E-state index contributed by atoms with van der Waals surface area (Å²) in [5.74, 6) is 0. The molecule has 3 N–H and O–H groups in total. The first kappa shape index (κ1) is 15.1. The highest BCUT2D eigenvalue weighted by Gasteiger charge is 2.18. The second kappa shape index (κ2) is 7.49. The van der Waals surface area contributed by atoms with Crippen molar-refractivity contribution in [1.82, 2.24) is 0 Å². The molecule has 4 nitrogen and oxygen atoms in total. The van der Waals surface area contributed by atoms with E-state index in [0.717, 1.165) is 31.4 Å². The highest BCUT2D eigenvalue weighted by Crippen LogP contribution is 2.21. The Hall–Kier alpha value is -1.28. The molecule has 1 aliphatic carbocycles. The van der Waals surface area contributed by atoms with Gasteiger partial charge in [-0.05, 0) is 43.9 Å². The molecule has 0 heterocycles. The molecule has 108 valence electrons. The maximum Gasteiger partial charge on any atom is 0.101 e. The SMILES string of the molecule is N#Cc1ccc(Cl)cc1NCCOC1CCC(N)CC1. The van der Waals surface area contributed by atoms with E-state index >= 15 is 0 Å². The number of hydrogen-bond acceptors (Lipinski definition) is 4. The number of nitrogens with one attached hydrogen (secondary N) is 1. The van der Waals surface area contributed by atoms with E-state index in [9.17, 15) is 0 Å². The molecule has 0 aliphatic heterocycles. The zero-order valence-electron chi connectivity index (χ0n) is 11.4. The molecule has 0 radical (unpaired) electrons. The molecule has 0 unspecified atom stereocenters. The lowest BCUT2D eigenvalue weighted by Gasteiger charge is -2.26. The van der Waals surface area contributed by atoms with E-state index in [-0.39, 0.29) is 0 Å². The molecule has 1 saturated carbocycles. The standard InChI is InChI=1S/C15H20ClN3O/c16-12-2-1-11(10-17)15(9-12)19-7-8-20-14-5-3-13(18)4-6-14/h1-2,9,13-14,19H,3-8,18H2. The molecule has 0 bridgehead atoms. The number of nitrogens with zero attached hydrogens (tertiary/aromatic N) is 1. The van der Waals surface area contributed by atoms with Gasteiger partial charge in [0.25, 0.3) is 0 Å². The van der Waals surface area contributed by atoms with Crippen molar-refractivity contribution >= 4 is 17.3 Å². The molecule has 1 fully saturated rings. The highest BCUT2D eigenvalue weighted by molar-refractivity contribution is 6.30. The van der Waals surface area contributed by atoms with Crippen LogP contribution in [-0.2, 0) is 4.74 Å². The summed E-state index contributed by atoms with van der Waals surface area (Å²) in [5.41, 5.74) is 7.22. The van der Waals surface area contributed by atoms with Crippen molar-refractivity contribution in [3.05, 3.63) is 28.8 Å². The molecule has 20 heavy (non-hydrogen) atoms. The predicted molar refractivity (Wildman–Crippen MR) is 80.8 cm³/mol. The number of benzene rings is 1. The van der Waals surface area contributed by atoms with Gasteiger partial charge in [-0.2, -0.15) is 5.26 Å². The molecule has 0 saturated heterocycles. The number of hydrogen-bond donors (Lipinski definition) is 2. The van der Waals surface area contributed by atoms with Gasteiger partial charge in [-0.25, -0.2) is 0 Å². The summed E-state index contributed by atoms with van der Waals surface area (Å²) in [6.45, 7) is 1.29. The van der Waals surface area contributed by atoms with Crippen LogP contribution in [0, 0.1) is 11.3 Å². The van der Waals surface area contributed by atoms with Crippen molar-refractivity contribution in [1.29, 1.82) is 5.26 Å². The molecule has 2 rings (SSSR count). The summed E-state index contributed by atoms with van der Waals surface area (Å²) in [5, 5.41) is 12.8. The molecule has 0 amide bonds. The van der Waals surface area contributed by atoms with Crippen LogP contribution in [-0.4, -0.2) is 25.3 Å². The Bertz CT molecular complexity index is 478. The first-order chi connectivity index (χ1) is 9.69. The summed E-state index contributed by atoms with van der Waals surface area (Å²) < 4.78 is 5.82. The molecular formula is C15H20ClN3O. The minimum absolute atomic E-state index is 0.325. The molecule has 1 aromatic carbocycles. The largest absolute Gasteiger partial charge is 0.382 e. The smallest absolute Gasteiger partial charge is 0.101 e. The fourth-order valence-electron chi connectivity index (χ4n) is 2.43. The first-order valence-electron chi connectivity index (χ1n) is 6.99. The van der Waals surface area contributed by atoms with Crippen LogP contribution in [0.3, 0.4) is 0 Å². The van der Waals surface area contributed by atoms with Crippen LogP contribution in [0.15, 0.2) is 18.2 Å². The summed E-state index contributed by atoms with van der Waals surface area (Å²) in [6, 6.07) is 7.68. The second-order valence-corrected chi connectivity index (χ2v) is 5.57. The monoisotopic (exact) mass is 293 g/mol. The van der Waals surface area contributed by atoms with Gasteiger partial charge in [0.05, 0.1) is 24.0 Å². The van der Waals surface area contributed by atoms with Gasteiger partial charge < -0.3 is 15.8 Å². The van der Waals surface area contributed by atoms with E-state index in [1.165, 1.54) is 0 Å². The van der Waals surface area contributed by atoms with Crippen molar-refractivity contribution in [3.63, 3.8) is 0 Å². The Morgan fingerprint density at radius 2 is 2.10 bits per heavy atom. The van der Waals surface area contributed by atoms with Gasteiger partial charge in [-0.1, -0.05) is 11.6 Å². The van der Waals surface area contributed by atoms with Crippen molar-refractivity contribution in [2.45, 2.75) is 37.8 Å². The summed E-state index contributed by atoms with van der Waals surface area (Å²) in [4.78, 5) is 0. The Labute approximate surface area is 124 Å². The fourth-order valence-corrected chi connectivity index (χ4v) is 2.60. The van der Waals surface area contributed by atoms with Gasteiger partial charge in [-0.15, -0.1) is 0 Å². The normalized spacial score (nSPS) is 22.2. The number of ether oxygens (including phenoxy) is 1. The van der Waals surface area contributed by atoms with Crippen LogP contribution in [0.1, 0.15) is 31.2 Å². The van der Waals surface area contributed by atoms with Crippen molar-refractivity contribution in [3.8, 4) is 6.07 Å². The topological polar surface area (TPSA) is 71.1 Å². The van der Waals surface area contributed by atoms with Gasteiger partial charge in [0, 0.05) is 17.6 Å². The maximum atomic E-state index is 9.02. The molecule has 1 aliphatic rings. The molecular weight excluding hydrogens is 274 g/mol. The third-order valence-electron chi connectivity index (χ3n) is 3.59. The number of nitriles is 1. The van der Waals surface area contributed by atoms with Gasteiger partial charge in [0.2, 0.25) is 0 Å². The molecule has 5 heteroatoms. The Morgan fingerprint density at radius 1 is 1.35 bits per heavy atom. The van der Waals surface area contributed by atoms with E-state index in [4.69, 9.17) is 27.3 Å². The molecule has 0 aromatic heterocycles. The van der Waals surface area contributed by atoms with E-state index in [2.05, 4.69) is 11.4 Å². The summed E-state index contributed by atoms with van der Waals surface area (Å²) in [6.07, 6.45) is 4.51. The number of halogens is 1. The lowest BCUT2D eigenvalue weighted by atomic mass is 9.94. The van der Waals surface area contributed by atoms with Gasteiger partial charge in [0.1, 0.15) is 6.07 Å². The van der Waals surface area contributed by atoms with Crippen LogP contribution < -0.4 is 11.1 Å². The van der Waals surface area contributed by atoms with E-state index in [1.807, 2.05) is 0 Å². The number of nitrogens with two attached hydrogens (primary N) is 1. The summed E-state index contributed by atoms with van der Waals surface area (Å²) >= 11 is 5.93. The average molecular weight is 294 g/mol. The first-order valence-corrected chi connectivity index (χ1v) is 7.37. The van der Waals surface area contributed by atoms with Crippen LogP contribution in [0.5, 0.6) is 0 Å². The Balaban J connectivity index is 1.73. The van der Waals surface area contributed by atoms with E-state index in [1.54, 1.807) is 18.2 Å². The Kier molecular flexibility index (Phi) is 5.66. The van der Waals surface area contributed by atoms with Gasteiger partial charge >= 0.3 is 0 Å². The zero-order chi connectivity index (χ0) is 14.4. The highest BCUT2D eigenvalue weighted by atomic mass is 35.5. The maximum absolute atomic E-state index is 9.02. The number of rotatable bonds is 5. The van der Waals surface area contributed by atoms with Crippen LogP contribution in [0.4, 0.5) is 5.69 Å². The van der Waals surface area contributed by atoms with Crippen LogP contribution >= 0.6 is 11.6 Å². The molecule has 0 atom stereocenters. The van der Waals surface area contributed by atoms with Crippen molar-refractivity contribution in [2.24, 2.45) is 5.73 Å². The fraction of sp³-hybridized carbons (Fsp3) is 0.533. The second-order valence-electron chi connectivity index (χ2n) is 5.14. The summed E-state index contributed by atoms with van der Waals surface area (Å²) in [7, 11) is 0. The average Bonchev–Trinajstić information content (AvgIpc) is 2.46. The lowest BCUT2D eigenvalue weighted by molar-refractivity contribution is 0.0313. The van der Waals surface area contributed by atoms with Crippen molar-refractivity contribution < 1.29 is 4.74 Å². The van der Waals surface area contributed by atoms with Gasteiger partial charge in [-0.3, -0.25) is 0 Å². The van der Waals surface area contributed by atoms with Crippen LogP contribution in [0.2, 0.25) is 5.02 Å². The third kappa shape index (κ3) is 4.38. The Morgan fingerprint density at radius 3 is 2.80 bits per heavy atom. The third-order valence-corrected chi connectivity index (χ3v) is 3.83. The minimum Gasteiger partial charge on any atom is -0.382 e. The lowest BCUT2D eigenvalue weighted by Crippen LogP contribution is -2.31. The molecule has 0 spiro atoms. The van der Waals surface area contributed by atoms with E-state index in [0.29, 0.717) is 35.9 Å². The molecule has 1 aromatic rings. The zero-order valence-corrected chi connectivity index (χ0v) is 12.2.